The molecule has 0 heterocycles. The van der Waals surface area contributed by atoms with Crippen LogP contribution < -0.4 is 9.62 Å². The Labute approximate surface area is 214 Å². The molecule has 2 rings (SSSR count). The molecule has 1 atom stereocenters. The second-order valence-electron chi connectivity index (χ2n) is 8.40. The van der Waals surface area contributed by atoms with Gasteiger partial charge in [0.15, 0.2) is 11.6 Å². The van der Waals surface area contributed by atoms with E-state index in [0.29, 0.717) is 22.5 Å². The van der Waals surface area contributed by atoms with Crippen LogP contribution in [0.4, 0.5) is 14.5 Å². The van der Waals surface area contributed by atoms with Gasteiger partial charge >= 0.3 is 0 Å². The minimum atomic E-state index is -4.09. The summed E-state index contributed by atoms with van der Waals surface area (Å²) in [5.74, 6) is -3.52. The molecule has 0 aliphatic heterocycles. The van der Waals surface area contributed by atoms with Crippen molar-refractivity contribution in [1.29, 1.82) is 0 Å². The first kappa shape index (κ1) is 28.8. The van der Waals surface area contributed by atoms with Gasteiger partial charge in [0.1, 0.15) is 12.6 Å². The Kier molecular flexibility index (Phi) is 9.88. The standard InChI is InChI=1S/C23H27Cl2F2N3O4S/c1-14(2)11-28-23(32)15(3)29(12-17-18(24)6-5-7-19(17)25)22(31)13-30(35(4,33)34)16-8-9-20(26)21(27)10-16/h5-10,14-15H,11-13H2,1-4H3,(H,28,32)/t15-/m0/s1. The van der Waals surface area contributed by atoms with Crippen molar-refractivity contribution >= 4 is 50.7 Å². The number of amides is 2. The van der Waals surface area contributed by atoms with Gasteiger partial charge in [-0.3, -0.25) is 13.9 Å². The van der Waals surface area contributed by atoms with Crippen LogP contribution in [0.1, 0.15) is 26.3 Å². The highest BCUT2D eigenvalue weighted by molar-refractivity contribution is 7.92. The molecule has 0 unspecified atom stereocenters. The molecule has 7 nitrogen and oxygen atoms in total. The molecule has 0 aliphatic rings. The maximum Gasteiger partial charge on any atom is 0.244 e. The number of hydrogen-bond donors (Lipinski definition) is 1. The van der Waals surface area contributed by atoms with E-state index < -0.39 is 46.1 Å². The van der Waals surface area contributed by atoms with Crippen LogP contribution in [0.15, 0.2) is 36.4 Å². The number of sulfonamides is 1. The summed E-state index contributed by atoms with van der Waals surface area (Å²) in [4.78, 5) is 27.4. The third-order valence-electron chi connectivity index (χ3n) is 5.11. The molecule has 1 N–H and O–H groups in total. The summed E-state index contributed by atoms with van der Waals surface area (Å²) in [5, 5.41) is 3.25. The number of anilines is 1. The van der Waals surface area contributed by atoms with Crippen molar-refractivity contribution in [3.05, 3.63) is 63.6 Å². The molecular weight excluding hydrogens is 523 g/mol. The number of halogens is 4. The predicted molar refractivity (Wildman–Crippen MR) is 133 cm³/mol. The van der Waals surface area contributed by atoms with Crippen LogP contribution in [0.25, 0.3) is 0 Å². The lowest BCUT2D eigenvalue weighted by Crippen LogP contribution is -2.51. The van der Waals surface area contributed by atoms with Gasteiger partial charge in [0, 0.05) is 34.8 Å². The van der Waals surface area contributed by atoms with Gasteiger partial charge in [-0.05, 0) is 37.1 Å². The minimum Gasteiger partial charge on any atom is -0.354 e. The minimum absolute atomic E-state index is 0.155. The van der Waals surface area contributed by atoms with E-state index in [-0.39, 0.29) is 28.2 Å². The van der Waals surface area contributed by atoms with Gasteiger partial charge in [0.2, 0.25) is 21.8 Å². The second kappa shape index (κ2) is 12.0. The molecule has 0 saturated carbocycles. The van der Waals surface area contributed by atoms with E-state index in [1.165, 1.54) is 6.92 Å². The van der Waals surface area contributed by atoms with Crippen LogP contribution in [0.5, 0.6) is 0 Å². The van der Waals surface area contributed by atoms with Crippen molar-refractivity contribution in [2.75, 3.05) is 23.7 Å². The molecular formula is C23H27Cl2F2N3O4S. The molecule has 2 aromatic rings. The molecule has 12 heteroatoms. The molecule has 0 radical (unpaired) electrons. The Morgan fingerprint density at radius 1 is 1.03 bits per heavy atom. The first-order valence-corrected chi connectivity index (χ1v) is 13.3. The monoisotopic (exact) mass is 549 g/mol. The third kappa shape index (κ3) is 7.78. The molecule has 0 saturated heterocycles. The Morgan fingerprint density at radius 2 is 1.63 bits per heavy atom. The highest BCUT2D eigenvalue weighted by Gasteiger charge is 2.31. The van der Waals surface area contributed by atoms with Crippen LogP contribution in [0.2, 0.25) is 10.0 Å². The van der Waals surface area contributed by atoms with E-state index in [9.17, 15) is 26.8 Å². The van der Waals surface area contributed by atoms with E-state index >= 15 is 0 Å². The van der Waals surface area contributed by atoms with E-state index in [1.54, 1.807) is 18.2 Å². The van der Waals surface area contributed by atoms with Crippen molar-refractivity contribution < 1.29 is 26.8 Å². The van der Waals surface area contributed by atoms with Gasteiger partial charge in [-0.15, -0.1) is 0 Å². The second-order valence-corrected chi connectivity index (χ2v) is 11.1. The number of nitrogens with zero attached hydrogens (tertiary/aromatic N) is 2. The van der Waals surface area contributed by atoms with Gasteiger partial charge in [-0.2, -0.15) is 0 Å². The zero-order chi connectivity index (χ0) is 26.5. The Balaban J connectivity index is 2.45. The number of benzene rings is 2. The zero-order valence-electron chi connectivity index (χ0n) is 19.7. The van der Waals surface area contributed by atoms with E-state index in [0.717, 1.165) is 23.3 Å². The molecule has 192 valence electrons. The highest BCUT2D eigenvalue weighted by atomic mass is 35.5. The summed E-state index contributed by atoms with van der Waals surface area (Å²) in [6, 6.07) is 6.21. The zero-order valence-corrected chi connectivity index (χ0v) is 22.0. The van der Waals surface area contributed by atoms with Crippen LogP contribution in [-0.4, -0.2) is 50.5 Å². The molecule has 0 aromatic heterocycles. The molecule has 0 fully saturated rings. The summed E-state index contributed by atoms with van der Waals surface area (Å²) in [6.07, 6.45) is 0.829. The fourth-order valence-corrected chi connectivity index (χ4v) is 4.50. The first-order valence-electron chi connectivity index (χ1n) is 10.6. The van der Waals surface area contributed by atoms with Gasteiger partial charge in [0.25, 0.3) is 0 Å². The number of rotatable bonds is 10. The Bertz CT molecular complexity index is 1180. The molecule has 0 bridgehead atoms. The van der Waals surface area contributed by atoms with Crippen molar-refractivity contribution in [2.45, 2.75) is 33.4 Å². The average molecular weight is 550 g/mol. The van der Waals surface area contributed by atoms with Crippen LogP contribution >= 0.6 is 23.2 Å². The van der Waals surface area contributed by atoms with Gasteiger partial charge < -0.3 is 10.2 Å². The summed E-state index contributed by atoms with van der Waals surface area (Å²) >= 11 is 12.5. The Hall–Kier alpha value is -2.43. The lowest BCUT2D eigenvalue weighted by Gasteiger charge is -2.32. The van der Waals surface area contributed by atoms with E-state index in [4.69, 9.17) is 23.2 Å². The van der Waals surface area contributed by atoms with Crippen LogP contribution in [0, 0.1) is 17.6 Å². The Morgan fingerprint density at radius 3 is 2.14 bits per heavy atom. The topological polar surface area (TPSA) is 86.8 Å². The molecule has 0 spiro atoms. The molecule has 2 aromatic carbocycles. The number of carbonyl (C=O) groups excluding carboxylic acids is 2. The number of hydrogen-bond acceptors (Lipinski definition) is 4. The first-order chi connectivity index (χ1) is 16.2. The van der Waals surface area contributed by atoms with Crippen molar-refractivity contribution in [3.63, 3.8) is 0 Å². The van der Waals surface area contributed by atoms with Crippen molar-refractivity contribution in [1.82, 2.24) is 10.2 Å². The van der Waals surface area contributed by atoms with Crippen molar-refractivity contribution in [2.24, 2.45) is 5.92 Å². The fraction of sp³-hybridized carbons (Fsp3) is 0.391. The summed E-state index contributed by atoms with van der Waals surface area (Å²) in [5.41, 5.74) is 0.124. The fourth-order valence-electron chi connectivity index (χ4n) is 3.14. The summed E-state index contributed by atoms with van der Waals surface area (Å²) in [6.45, 7) is 4.70. The maximum absolute atomic E-state index is 13.8. The van der Waals surface area contributed by atoms with Crippen LogP contribution in [-0.2, 0) is 26.2 Å². The summed E-state index contributed by atoms with van der Waals surface area (Å²) in [7, 11) is -4.09. The smallest absolute Gasteiger partial charge is 0.244 e. The SMILES string of the molecule is CC(C)CNC(=O)[C@H](C)N(Cc1c(Cl)cccc1Cl)C(=O)CN(c1ccc(F)c(F)c1)S(C)(=O)=O. The molecule has 0 aliphatic carbocycles. The molecule has 2 amide bonds. The normalized spacial score (nSPS) is 12.4. The predicted octanol–water partition coefficient (Wildman–Crippen LogP) is 4.23. The lowest BCUT2D eigenvalue weighted by atomic mass is 10.1. The number of carbonyl (C=O) groups is 2. The maximum atomic E-state index is 13.8. The van der Waals surface area contributed by atoms with Gasteiger partial charge in [-0.1, -0.05) is 43.1 Å². The quantitative estimate of drug-likeness (QED) is 0.480. The highest BCUT2D eigenvalue weighted by Crippen LogP contribution is 2.27. The van der Waals surface area contributed by atoms with Gasteiger partial charge in [-0.25, -0.2) is 17.2 Å². The largest absolute Gasteiger partial charge is 0.354 e. The third-order valence-corrected chi connectivity index (χ3v) is 6.96. The van der Waals surface area contributed by atoms with E-state index in [1.807, 2.05) is 13.8 Å². The van der Waals surface area contributed by atoms with Crippen molar-refractivity contribution in [3.8, 4) is 0 Å². The lowest BCUT2D eigenvalue weighted by molar-refractivity contribution is -0.139. The van der Waals surface area contributed by atoms with Gasteiger partial charge in [0.05, 0.1) is 11.9 Å². The summed E-state index contributed by atoms with van der Waals surface area (Å²) < 4.78 is 52.8. The average Bonchev–Trinajstić information content (AvgIpc) is 2.76. The molecule has 35 heavy (non-hydrogen) atoms. The van der Waals surface area contributed by atoms with Crippen LogP contribution in [0.3, 0.4) is 0 Å². The van der Waals surface area contributed by atoms with E-state index in [2.05, 4.69) is 5.32 Å². The number of nitrogens with one attached hydrogen (secondary N) is 1.